The van der Waals surface area contributed by atoms with Crippen molar-refractivity contribution < 1.29 is 34.4 Å². The number of hydrogen-bond donors (Lipinski definition) is 3. The lowest BCUT2D eigenvalue weighted by atomic mass is 9.36. The third-order valence-corrected chi connectivity index (χ3v) is 24.9. The molecule has 7 nitrogen and oxygen atoms in total. The van der Waals surface area contributed by atoms with Gasteiger partial charge in [0, 0.05) is 17.4 Å². The Kier molecular flexibility index (Phi) is 14.5. The van der Waals surface area contributed by atoms with Crippen LogP contribution in [0.3, 0.4) is 0 Å². The lowest BCUT2D eigenvalue weighted by Crippen LogP contribution is -2.77. The molecule has 6 fully saturated rings. The highest BCUT2D eigenvalue weighted by Crippen LogP contribution is 2.77. The van der Waals surface area contributed by atoms with Gasteiger partial charge in [-0.25, -0.2) is 4.79 Å². The van der Waals surface area contributed by atoms with E-state index in [0.29, 0.717) is 55.3 Å². The second-order valence-corrected chi connectivity index (χ2v) is 28.4. The van der Waals surface area contributed by atoms with Gasteiger partial charge in [-0.3, -0.25) is 4.79 Å². The summed E-state index contributed by atoms with van der Waals surface area (Å²) in [7, 11) is 0. The molecule has 0 radical (unpaired) electrons. The summed E-state index contributed by atoms with van der Waals surface area (Å²) in [5.74, 6) is 0.928. The van der Waals surface area contributed by atoms with Gasteiger partial charge >= 0.3 is 11.9 Å². The number of aliphatic hydroxyl groups is 3. The van der Waals surface area contributed by atoms with Gasteiger partial charge in [-0.2, -0.15) is 0 Å². The molecule has 0 saturated heterocycles. The molecule has 0 bridgehead atoms. The molecule has 1 spiro atoms. The molecule has 1 aliphatic heterocycles. The van der Waals surface area contributed by atoms with Gasteiger partial charge in [0.2, 0.25) is 0 Å². The summed E-state index contributed by atoms with van der Waals surface area (Å²) in [6, 6.07) is 34.7. The Labute approximate surface area is 472 Å². The third kappa shape index (κ3) is 8.70. The molecule has 9 aliphatic rings. The van der Waals surface area contributed by atoms with Gasteiger partial charge < -0.3 is 24.8 Å². The molecule has 0 amide bonds. The molecule has 8 aliphatic carbocycles. The maximum absolute atomic E-state index is 14.9. The number of aryl methyl sites for hydroxylation is 1. The molecule has 13 rings (SSSR count). The summed E-state index contributed by atoms with van der Waals surface area (Å²) < 4.78 is 12.6. The van der Waals surface area contributed by atoms with E-state index in [1.165, 1.54) is 55.9 Å². The van der Waals surface area contributed by atoms with Gasteiger partial charge in [-0.05, 0) is 218 Å². The number of aliphatic hydroxyl groups excluding tert-OH is 2. The molecular formula is C72H92O7. The summed E-state index contributed by atoms with van der Waals surface area (Å²) in [5.41, 5.74) is 5.46. The van der Waals surface area contributed by atoms with Crippen LogP contribution in [-0.4, -0.2) is 57.8 Å². The van der Waals surface area contributed by atoms with Crippen LogP contribution in [0.25, 0.3) is 10.8 Å². The van der Waals surface area contributed by atoms with Crippen LogP contribution in [0.1, 0.15) is 220 Å². The summed E-state index contributed by atoms with van der Waals surface area (Å²) >= 11 is 0. The number of hydrogen-bond acceptors (Lipinski definition) is 7. The number of esters is 2. The minimum Gasteiger partial charge on any atom is -0.462 e. The van der Waals surface area contributed by atoms with E-state index in [4.69, 9.17) is 9.47 Å². The van der Waals surface area contributed by atoms with E-state index < -0.39 is 46.6 Å². The first kappa shape index (κ1) is 54.0. The molecular weight excluding hydrogens is 977 g/mol. The van der Waals surface area contributed by atoms with Gasteiger partial charge in [-0.15, -0.1) is 0 Å². The number of cyclic esters (lactones) is 1. The normalized spacial score (nSPS) is 38.4. The molecule has 7 heteroatoms. The second-order valence-electron chi connectivity index (χ2n) is 28.4. The third-order valence-electron chi connectivity index (χ3n) is 24.9. The number of fused-ring (bicyclic) bond motifs is 4. The smallest absolute Gasteiger partial charge is 0.331 e. The van der Waals surface area contributed by atoms with Crippen molar-refractivity contribution in [1.82, 2.24) is 0 Å². The van der Waals surface area contributed by atoms with Crippen molar-refractivity contribution in [2.75, 3.05) is 6.61 Å². The van der Waals surface area contributed by atoms with Gasteiger partial charge in [0.25, 0.3) is 0 Å². The zero-order valence-electron chi connectivity index (χ0n) is 48.0. The first-order chi connectivity index (χ1) is 38.3. The highest BCUT2D eigenvalue weighted by Gasteiger charge is 2.75. The lowest BCUT2D eigenvalue weighted by Gasteiger charge is -2.71. The Morgan fingerprint density at radius 3 is 2.33 bits per heavy atom. The fourth-order valence-corrected chi connectivity index (χ4v) is 21.3. The topological polar surface area (TPSA) is 113 Å². The number of rotatable bonds is 15. The standard InChI is InChI=1S/C72H92O7/c1-46(17-15-20-48-18-7-4-8-19-48)28-31-60(73)72-61(74)35-37-68(3,66(72)59(79-67(76)51-21-9-5-10-22-51)41-47(2)71(72,77)40-32-49-42-62(75)78-45-49)54-34-39-69-38-33-52-44-70(53-24-11-6-12-25-53)36-14-13-27-57(70)56-30-29-50-23-16-26-55(58(69)43-54)63(50)64(56)65(52)69/h4,6-8,11-12,16,18-19,23-26,29-30,42,46-47,51-52,54,57-61,65-66,73-74,77H,5,9-10,13-15,17,20-22,27-28,31-41,43-45H2,1-3H3. The van der Waals surface area contributed by atoms with Crippen molar-refractivity contribution in [2.24, 2.45) is 51.8 Å². The van der Waals surface area contributed by atoms with Crippen LogP contribution < -0.4 is 0 Å². The second kappa shape index (κ2) is 21.2. The highest BCUT2D eigenvalue weighted by atomic mass is 16.5. The molecule has 16 unspecified atom stereocenters. The zero-order chi connectivity index (χ0) is 54.3. The highest BCUT2D eigenvalue weighted by molar-refractivity contribution is 5.93. The Hall–Kier alpha value is -4.30. The van der Waals surface area contributed by atoms with Gasteiger partial charge in [-0.1, -0.05) is 150 Å². The summed E-state index contributed by atoms with van der Waals surface area (Å²) in [4.78, 5) is 27.4. The average Bonchev–Trinajstić information content (AvgIpc) is 3.35. The van der Waals surface area contributed by atoms with E-state index in [0.717, 1.165) is 89.0 Å². The fraction of sp³-hybridized carbons (Fsp3) is 0.639. The van der Waals surface area contributed by atoms with E-state index in [-0.39, 0.29) is 47.6 Å². The molecule has 4 aromatic rings. The molecule has 422 valence electrons. The van der Waals surface area contributed by atoms with E-state index in [1.807, 2.05) is 0 Å². The van der Waals surface area contributed by atoms with E-state index in [9.17, 15) is 24.9 Å². The molecule has 4 aromatic carbocycles. The van der Waals surface area contributed by atoms with Gasteiger partial charge in [0.1, 0.15) is 12.7 Å². The Morgan fingerprint density at radius 1 is 0.772 bits per heavy atom. The minimum atomic E-state index is -1.54. The molecule has 1 heterocycles. The van der Waals surface area contributed by atoms with Crippen LogP contribution in [0.4, 0.5) is 0 Å². The van der Waals surface area contributed by atoms with Crippen molar-refractivity contribution >= 4 is 22.7 Å². The van der Waals surface area contributed by atoms with Crippen LogP contribution >= 0.6 is 0 Å². The van der Waals surface area contributed by atoms with Crippen molar-refractivity contribution in [1.29, 1.82) is 0 Å². The summed E-state index contributed by atoms with van der Waals surface area (Å²) in [6.45, 7) is 7.05. The van der Waals surface area contributed by atoms with Crippen molar-refractivity contribution in [2.45, 2.75) is 228 Å². The van der Waals surface area contributed by atoms with Crippen molar-refractivity contribution in [3.63, 3.8) is 0 Å². The van der Waals surface area contributed by atoms with E-state index in [1.54, 1.807) is 33.7 Å². The largest absolute Gasteiger partial charge is 0.462 e. The predicted octanol–water partition coefficient (Wildman–Crippen LogP) is 15.3. The summed E-state index contributed by atoms with van der Waals surface area (Å²) in [6.07, 6.45) is 22.4. The molecule has 0 aromatic heterocycles. The summed E-state index contributed by atoms with van der Waals surface area (Å²) in [5, 5.41) is 44.4. The SMILES string of the molecule is CC(CCCc1ccccc1)CCC(O)C12C(O)CCC(C)(C3CCC45CCC6CC7(c8ccccc8)CCCCC7c7ccc8cccc(c8c7C64)C5C3)C1C(OC(=O)C1CCCCC1)CC(C)C2(O)CCC1=CC(=O)OC1. The predicted molar refractivity (Wildman–Crippen MR) is 312 cm³/mol. The number of ether oxygens (including phenoxy) is 2. The minimum absolute atomic E-state index is 0.125. The first-order valence-corrected chi connectivity index (χ1v) is 32.1. The van der Waals surface area contributed by atoms with Gasteiger partial charge in [0.05, 0.1) is 29.1 Å². The van der Waals surface area contributed by atoms with Crippen molar-refractivity contribution in [3.05, 3.63) is 130 Å². The first-order valence-electron chi connectivity index (χ1n) is 32.1. The van der Waals surface area contributed by atoms with E-state index in [2.05, 4.69) is 112 Å². The number of benzene rings is 4. The Bertz CT molecular complexity index is 2910. The van der Waals surface area contributed by atoms with Crippen LogP contribution in [0.5, 0.6) is 0 Å². The van der Waals surface area contributed by atoms with Crippen LogP contribution in [0.2, 0.25) is 0 Å². The van der Waals surface area contributed by atoms with Crippen LogP contribution in [-0.2, 0) is 30.9 Å². The molecule has 79 heavy (non-hydrogen) atoms. The maximum Gasteiger partial charge on any atom is 0.331 e. The average molecular weight is 1070 g/mol. The molecule has 3 N–H and O–H groups in total. The lowest BCUT2D eigenvalue weighted by molar-refractivity contribution is -0.328. The fourth-order valence-electron chi connectivity index (χ4n) is 21.3. The number of carbonyl (C=O) groups is 2. The Morgan fingerprint density at radius 2 is 1.54 bits per heavy atom. The maximum atomic E-state index is 14.9. The number of carbonyl (C=O) groups excluding carboxylic acids is 2. The van der Waals surface area contributed by atoms with Crippen molar-refractivity contribution in [3.8, 4) is 0 Å². The Balaban J connectivity index is 0.907. The quantitative estimate of drug-likeness (QED) is 0.102. The van der Waals surface area contributed by atoms with Crippen LogP contribution in [0.15, 0.2) is 103 Å². The van der Waals surface area contributed by atoms with Gasteiger partial charge in [0.15, 0.2) is 0 Å². The van der Waals surface area contributed by atoms with E-state index >= 15 is 0 Å². The molecule has 6 saturated carbocycles. The zero-order valence-corrected chi connectivity index (χ0v) is 48.0. The van der Waals surface area contributed by atoms with Crippen LogP contribution in [0, 0.1) is 51.8 Å². The molecule has 16 atom stereocenters. The monoisotopic (exact) mass is 1070 g/mol.